The van der Waals surface area contributed by atoms with E-state index in [0.717, 1.165) is 19.4 Å². The summed E-state index contributed by atoms with van der Waals surface area (Å²) in [5.74, 6) is 0. The summed E-state index contributed by atoms with van der Waals surface area (Å²) in [6, 6.07) is 0.568. The zero-order chi connectivity index (χ0) is 6.81. The fourth-order valence-electron chi connectivity index (χ4n) is 1.47. The van der Waals surface area contributed by atoms with Crippen LogP contribution < -0.4 is 10.6 Å². The van der Waals surface area contributed by atoms with E-state index in [4.69, 9.17) is 0 Å². The SMILES string of the molecule is C1=CNC2=CCCNC2C1. The van der Waals surface area contributed by atoms with E-state index >= 15 is 0 Å². The molecule has 1 unspecified atom stereocenters. The second kappa shape index (κ2) is 2.46. The lowest BCUT2D eigenvalue weighted by Gasteiger charge is -2.27. The standard InChI is InChI=1S/C8H12N2/c1-3-7-8(9-5-1)4-2-6-10-7/h1,4-5,7,9-10H,2-3,6H2. The van der Waals surface area contributed by atoms with Crippen molar-refractivity contribution in [3.05, 3.63) is 24.0 Å². The maximum absolute atomic E-state index is 3.44. The van der Waals surface area contributed by atoms with Crippen molar-refractivity contribution in [3.8, 4) is 0 Å². The summed E-state index contributed by atoms with van der Waals surface area (Å²) < 4.78 is 0. The van der Waals surface area contributed by atoms with Crippen molar-refractivity contribution in [2.24, 2.45) is 0 Å². The van der Waals surface area contributed by atoms with E-state index in [1.165, 1.54) is 5.70 Å². The molecule has 2 heterocycles. The fraction of sp³-hybridized carbons (Fsp3) is 0.500. The van der Waals surface area contributed by atoms with Crippen LogP contribution in [-0.4, -0.2) is 12.6 Å². The molecule has 2 aliphatic heterocycles. The lowest BCUT2D eigenvalue weighted by Crippen LogP contribution is -2.40. The maximum atomic E-state index is 3.44. The van der Waals surface area contributed by atoms with Crippen LogP contribution in [0.15, 0.2) is 24.0 Å². The van der Waals surface area contributed by atoms with Crippen LogP contribution in [0.25, 0.3) is 0 Å². The molecule has 0 aliphatic carbocycles. The summed E-state index contributed by atoms with van der Waals surface area (Å²) in [6.07, 6.45) is 8.77. The summed E-state index contributed by atoms with van der Waals surface area (Å²) in [4.78, 5) is 0. The summed E-state index contributed by atoms with van der Waals surface area (Å²) in [7, 11) is 0. The number of fused-ring (bicyclic) bond motifs is 1. The molecule has 0 saturated heterocycles. The molecule has 0 fully saturated rings. The zero-order valence-electron chi connectivity index (χ0n) is 5.93. The molecule has 1 atom stereocenters. The zero-order valence-corrected chi connectivity index (χ0v) is 5.93. The van der Waals surface area contributed by atoms with Gasteiger partial charge < -0.3 is 10.6 Å². The highest BCUT2D eigenvalue weighted by molar-refractivity contribution is 5.19. The van der Waals surface area contributed by atoms with Crippen molar-refractivity contribution in [1.82, 2.24) is 10.6 Å². The topological polar surface area (TPSA) is 24.1 Å². The van der Waals surface area contributed by atoms with Gasteiger partial charge in [0.15, 0.2) is 0 Å². The molecule has 0 amide bonds. The maximum Gasteiger partial charge on any atom is 0.0505 e. The predicted molar refractivity (Wildman–Crippen MR) is 41.4 cm³/mol. The van der Waals surface area contributed by atoms with E-state index in [-0.39, 0.29) is 0 Å². The van der Waals surface area contributed by atoms with Gasteiger partial charge in [-0.05, 0) is 25.6 Å². The summed E-state index contributed by atoms with van der Waals surface area (Å²) >= 11 is 0. The Morgan fingerprint density at radius 1 is 1.50 bits per heavy atom. The highest BCUT2D eigenvalue weighted by atomic mass is 15.0. The Morgan fingerprint density at radius 3 is 3.40 bits per heavy atom. The van der Waals surface area contributed by atoms with Crippen LogP contribution in [0.1, 0.15) is 12.8 Å². The first-order valence-corrected chi connectivity index (χ1v) is 3.82. The molecule has 0 spiro atoms. The van der Waals surface area contributed by atoms with Crippen molar-refractivity contribution in [2.45, 2.75) is 18.9 Å². The number of rotatable bonds is 0. The van der Waals surface area contributed by atoms with E-state index in [0.29, 0.717) is 6.04 Å². The second-order valence-corrected chi connectivity index (χ2v) is 2.74. The highest BCUT2D eigenvalue weighted by Gasteiger charge is 2.16. The summed E-state index contributed by atoms with van der Waals surface area (Å²) in [5, 5.41) is 6.68. The van der Waals surface area contributed by atoms with Crippen molar-refractivity contribution in [2.75, 3.05) is 6.54 Å². The Labute approximate surface area is 61.0 Å². The third-order valence-corrected chi connectivity index (χ3v) is 2.01. The van der Waals surface area contributed by atoms with Gasteiger partial charge in [-0.3, -0.25) is 0 Å². The molecule has 0 saturated carbocycles. The fourth-order valence-corrected chi connectivity index (χ4v) is 1.47. The van der Waals surface area contributed by atoms with Crippen molar-refractivity contribution < 1.29 is 0 Å². The van der Waals surface area contributed by atoms with Gasteiger partial charge in [0, 0.05) is 5.70 Å². The van der Waals surface area contributed by atoms with Gasteiger partial charge >= 0.3 is 0 Å². The van der Waals surface area contributed by atoms with Crippen LogP contribution in [-0.2, 0) is 0 Å². The second-order valence-electron chi connectivity index (χ2n) is 2.74. The number of hydrogen-bond acceptors (Lipinski definition) is 2. The summed E-state index contributed by atoms with van der Waals surface area (Å²) in [6.45, 7) is 1.13. The van der Waals surface area contributed by atoms with Gasteiger partial charge in [-0.15, -0.1) is 0 Å². The van der Waals surface area contributed by atoms with Crippen molar-refractivity contribution >= 4 is 0 Å². The van der Waals surface area contributed by atoms with Gasteiger partial charge in [0.25, 0.3) is 0 Å². The first kappa shape index (κ1) is 5.98. The molecule has 10 heavy (non-hydrogen) atoms. The van der Waals surface area contributed by atoms with Crippen LogP contribution in [0.2, 0.25) is 0 Å². The van der Waals surface area contributed by atoms with Crippen molar-refractivity contribution in [1.29, 1.82) is 0 Å². The molecule has 0 radical (unpaired) electrons. The molecule has 2 aliphatic rings. The Kier molecular flexibility index (Phi) is 1.47. The number of hydrogen-bond donors (Lipinski definition) is 2. The first-order chi connectivity index (χ1) is 4.97. The molecule has 0 aromatic carbocycles. The molecule has 0 aromatic heterocycles. The average molecular weight is 136 g/mol. The van der Waals surface area contributed by atoms with Gasteiger partial charge in [-0.2, -0.15) is 0 Å². The Morgan fingerprint density at radius 2 is 2.50 bits per heavy atom. The third kappa shape index (κ3) is 0.948. The predicted octanol–water partition coefficient (Wildman–Crippen LogP) is 0.739. The lowest BCUT2D eigenvalue weighted by atomic mass is 10.0. The van der Waals surface area contributed by atoms with Gasteiger partial charge in [0.1, 0.15) is 0 Å². The first-order valence-electron chi connectivity index (χ1n) is 3.82. The Hall–Kier alpha value is -0.760. The van der Waals surface area contributed by atoms with Crippen LogP contribution in [0.4, 0.5) is 0 Å². The van der Waals surface area contributed by atoms with Crippen LogP contribution in [0.5, 0.6) is 0 Å². The normalized spacial score (nSPS) is 30.4. The minimum Gasteiger partial charge on any atom is -0.364 e. The molecule has 2 rings (SSSR count). The smallest absolute Gasteiger partial charge is 0.0505 e. The molecular weight excluding hydrogens is 124 g/mol. The Balaban J connectivity index is 2.17. The van der Waals surface area contributed by atoms with E-state index in [1.807, 2.05) is 6.20 Å². The monoisotopic (exact) mass is 136 g/mol. The van der Waals surface area contributed by atoms with Gasteiger partial charge in [-0.25, -0.2) is 0 Å². The number of nitrogens with one attached hydrogen (secondary N) is 2. The minimum atomic E-state index is 0.568. The highest BCUT2D eigenvalue weighted by Crippen LogP contribution is 2.13. The molecule has 0 bridgehead atoms. The van der Waals surface area contributed by atoms with Gasteiger partial charge in [0.2, 0.25) is 0 Å². The third-order valence-electron chi connectivity index (χ3n) is 2.01. The van der Waals surface area contributed by atoms with Gasteiger partial charge in [0.05, 0.1) is 6.04 Å². The van der Waals surface area contributed by atoms with E-state index in [9.17, 15) is 0 Å². The minimum absolute atomic E-state index is 0.568. The summed E-state index contributed by atoms with van der Waals surface area (Å²) in [5.41, 5.74) is 1.36. The molecule has 0 aromatic rings. The van der Waals surface area contributed by atoms with Crippen molar-refractivity contribution in [3.63, 3.8) is 0 Å². The molecule has 2 heteroatoms. The molecule has 2 N–H and O–H groups in total. The van der Waals surface area contributed by atoms with E-state index in [2.05, 4.69) is 22.8 Å². The molecule has 54 valence electrons. The quantitative estimate of drug-likeness (QED) is 0.513. The molecular formula is C8H12N2. The van der Waals surface area contributed by atoms with Crippen LogP contribution in [0, 0.1) is 0 Å². The van der Waals surface area contributed by atoms with Crippen LogP contribution in [0.3, 0.4) is 0 Å². The lowest BCUT2D eigenvalue weighted by molar-refractivity contribution is 0.521. The largest absolute Gasteiger partial charge is 0.364 e. The molecule has 2 nitrogen and oxygen atoms in total. The Bertz CT molecular complexity index is 182. The van der Waals surface area contributed by atoms with E-state index < -0.39 is 0 Å². The average Bonchev–Trinajstić information content (AvgIpc) is 2.05. The van der Waals surface area contributed by atoms with E-state index in [1.54, 1.807) is 0 Å². The van der Waals surface area contributed by atoms with Gasteiger partial charge in [-0.1, -0.05) is 12.2 Å². The van der Waals surface area contributed by atoms with Crippen LogP contribution >= 0.6 is 0 Å².